The van der Waals surface area contributed by atoms with E-state index in [-0.39, 0.29) is 16.2 Å². The molecule has 3 nitrogen and oxygen atoms in total. The average Bonchev–Trinajstić information content (AvgIpc) is 2.93. The number of aliphatic imine (C=N–C) groups is 1. The second-order valence-corrected chi connectivity index (χ2v) is 12.2. The number of hydrogen-bond acceptors (Lipinski definition) is 2. The zero-order valence-electron chi connectivity index (χ0n) is 21.7. The number of rotatable bonds is 4. The number of fused-ring (bicyclic) bond motifs is 3. The summed E-state index contributed by atoms with van der Waals surface area (Å²) in [6.45, 7) is 16.4. The summed E-state index contributed by atoms with van der Waals surface area (Å²) in [6, 6.07) is 9.04. The summed E-state index contributed by atoms with van der Waals surface area (Å²) >= 11 is 0. The Kier molecular flexibility index (Phi) is 5.80. The lowest BCUT2D eigenvalue weighted by Crippen LogP contribution is -2.50. The molecule has 0 saturated heterocycles. The maximum atomic E-state index is 7.04. The van der Waals surface area contributed by atoms with Gasteiger partial charge in [0.1, 0.15) is 0 Å². The summed E-state index contributed by atoms with van der Waals surface area (Å²) in [5.41, 5.74) is 17.7. The molecule has 0 spiro atoms. The molecule has 33 heavy (non-hydrogen) atoms. The first kappa shape index (κ1) is 24.0. The van der Waals surface area contributed by atoms with Gasteiger partial charge < -0.3 is 11.5 Å². The van der Waals surface area contributed by atoms with Crippen LogP contribution in [0.1, 0.15) is 84.8 Å². The molecule has 0 heterocycles. The molecule has 0 saturated carbocycles. The number of benzene rings is 1. The molecule has 3 aliphatic rings. The van der Waals surface area contributed by atoms with Gasteiger partial charge in [-0.1, -0.05) is 84.0 Å². The predicted molar refractivity (Wildman–Crippen MR) is 141 cm³/mol. The quantitative estimate of drug-likeness (QED) is 0.311. The Bertz CT molecular complexity index is 1040. The van der Waals surface area contributed by atoms with Gasteiger partial charge in [0.05, 0.1) is 12.0 Å². The fourth-order valence-electron chi connectivity index (χ4n) is 6.89. The minimum absolute atomic E-state index is 0.0693. The molecule has 5 unspecified atom stereocenters. The molecule has 3 aliphatic carbocycles. The first-order chi connectivity index (χ1) is 15.4. The Balaban J connectivity index is 1.77. The van der Waals surface area contributed by atoms with Crippen molar-refractivity contribution in [3.8, 4) is 0 Å². The molecule has 0 radical (unpaired) electrons. The fraction of sp³-hybridized carbons (Fsp3) is 0.567. The molecular formula is C30H43N3. The molecule has 1 aromatic carbocycles. The van der Waals surface area contributed by atoms with Crippen molar-refractivity contribution in [3.63, 3.8) is 0 Å². The van der Waals surface area contributed by atoms with Crippen LogP contribution in [0.15, 0.2) is 64.8 Å². The molecule has 4 rings (SSSR count). The first-order valence-corrected chi connectivity index (χ1v) is 12.6. The number of hydrogen-bond donors (Lipinski definition) is 2. The summed E-state index contributed by atoms with van der Waals surface area (Å²) in [6.07, 6.45) is 13.9. The van der Waals surface area contributed by atoms with Gasteiger partial charge in [0.15, 0.2) is 0 Å². The van der Waals surface area contributed by atoms with E-state index in [9.17, 15) is 0 Å². The van der Waals surface area contributed by atoms with Crippen LogP contribution in [0.5, 0.6) is 0 Å². The van der Waals surface area contributed by atoms with Crippen molar-refractivity contribution in [1.29, 1.82) is 0 Å². The maximum absolute atomic E-state index is 7.04. The number of nitrogens with zero attached hydrogens (tertiary/aromatic N) is 1. The fourth-order valence-corrected chi connectivity index (χ4v) is 6.89. The van der Waals surface area contributed by atoms with Crippen LogP contribution in [0.3, 0.4) is 0 Å². The topological polar surface area (TPSA) is 64.4 Å². The normalized spacial score (nSPS) is 37.4. The molecule has 0 amide bonds. The molecular weight excluding hydrogens is 402 g/mol. The Morgan fingerprint density at radius 2 is 1.85 bits per heavy atom. The van der Waals surface area contributed by atoms with E-state index in [2.05, 4.69) is 97.0 Å². The van der Waals surface area contributed by atoms with E-state index in [1.54, 1.807) is 0 Å². The van der Waals surface area contributed by atoms with E-state index in [4.69, 9.17) is 16.5 Å². The average molecular weight is 446 g/mol. The van der Waals surface area contributed by atoms with Crippen LogP contribution in [0.4, 0.5) is 0 Å². The van der Waals surface area contributed by atoms with Crippen molar-refractivity contribution in [1.82, 2.24) is 0 Å². The molecule has 0 bridgehead atoms. The highest BCUT2D eigenvalue weighted by Gasteiger charge is 2.57. The van der Waals surface area contributed by atoms with Gasteiger partial charge in [-0.15, -0.1) is 0 Å². The second-order valence-electron chi connectivity index (χ2n) is 12.2. The van der Waals surface area contributed by atoms with Gasteiger partial charge in [0.25, 0.3) is 0 Å². The first-order valence-electron chi connectivity index (χ1n) is 12.6. The zero-order chi connectivity index (χ0) is 24.2. The summed E-state index contributed by atoms with van der Waals surface area (Å²) in [7, 11) is 0. The van der Waals surface area contributed by atoms with Crippen LogP contribution >= 0.6 is 0 Å². The SMILES string of the molecule is CC1C=C(C(=C/C(C)(N)C2(C)C=C[C@H](C)CC2)/N=C/N)CC2(C)C1c1ccccc1C2(C)C. The van der Waals surface area contributed by atoms with E-state index in [0.29, 0.717) is 17.8 Å². The zero-order valence-corrected chi connectivity index (χ0v) is 21.7. The Labute approximate surface area is 201 Å². The van der Waals surface area contributed by atoms with E-state index in [1.165, 1.54) is 23.0 Å². The van der Waals surface area contributed by atoms with Gasteiger partial charge in [0.2, 0.25) is 0 Å². The van der Waals surface area contributed by atoms with E-state index >= 15 is 0 Å². The minimum atomic E-state index is -0.526. The van der Waals surface area contributed by atoms with Crippen molar-refractivity contribution < 1.29 is 0 Å². The van der Waals surface area contributed by atoms with Gasteiger partial charge in [-0.05, 0) is 77.5 Å². The van der Waals surface area contributed by atoms with Gasteiger partial charge in [-0.2, -0.15) is 0 Å². The van der Waals surface area contributed by atoms with Crippen molar-refractivity contribution in [2.75, 3.05) is 0 Å². The lowest BCUT2D eigenvalue weighted by atomic mass is 9.55. The van der Waals surface area contributed by atoms with Crippen molar-refractivity contribution in [2.24, 2.45) is 39.1 Å². The summed E-state index contributed by atoms with van der Waals surface area (Å²) in [4.78, 5) is 4.69. The molecule has 1 aromatic rings. The predicted octanol–water partition coefficient (Wildman–Crippen LogP) is 6.61. The lowest BCUT2D eigenvalue weighted by molar-refractivity contribution is 0.123. The Hall–Kier alpha value is -2.13. The highest BCUT2D eigenvalue weighted by Crippen LogP contribution is 2.66. The van der Waals surface area contributed by atoms with Crippen molar-refractivity contribution in [3.05, 3.63) is 71.0 Å². The number of allylic oxidation sites excluding steroid dienone is 3. The van der Waals surface area contributed by atoms with Gasteiger partial charge in [-0.25, -0.2) is 4.99 Å². The van der Waals surface area contributed by atoms with Crippen LogP contribution in [0.25, 0.3) is 0 Å². The maximum Gasteiger partial charge on any atom is 0.0860 e. The van der Waals surface area contributed by atoms with Crippen LogP contribution in [0.2, 0.25) is 0 Å². The van der Waals surface area contributed by atoms with Crippen LogP contribution < -0.4 is 11.5 Å². The third-order valence-electron chi connectivity index (χ3n) is 9.75. The van der Waals surface area contributed by atoms with Gasteiger partial charge in [0, 0.05) is 11.0 Å². The van der Waals surface area contributed by atoms with Gasteiger partial charge in [-0.3, -0.25) is 0 Å². The van der Waals surface area contributed by atoms with Crippen molar-refractivity contribution >= 4 is 6.34 Å². The van der Waals surface area contributed by atoms with Gasteiger partial charge >= 0.3 is 0 Å². The molecule has 6 atom stereocenters. The second kappa shape index (κ2) is 7.98. The molecule has 178 valence electrons. The molecule has 3 heteroatoms. The summed E-state index contributed by atoms with van der Waals surface area (Å²) in [5, 5.41) is 0. The lowest BCUT2D eigenvalue weighted by Gasteiger charge is -2.48. The van der Waals surface area contributed by atoms with Crippen LogP contribution in [0, 0.1) is 22.7 Å². The molecule has 4 N–H and O–H groups in total. The molecule has 0 aliphatic heterocycles. The third-order valence-corrected chi connectivity index (χ3v) is 9.75. The smallest absolute Gasteiger partial charge is 0.0860 e. The monoisotopic (exact) mass is 445 g/mol. The van der Waals surface area contributed by atoms with E-state index in [0.717, 1.165) is 25.0 Å². The molecule has 0 aromatic heterocycles. The third kappa shape index (κ3) is 3.64. The highest BCUT2D eigenvalue weighted by atomic mass is 14.8. The summed E-state index contributed by atoms with van der Waals surface area (Å²) in [5.74, 6) is 1.53. The standard InChI is InChI=1S/C30H43N3/c1-20-12-14-28(5,15-13-20)30(7,32)18-25(33-19-31)22-16-21(2)26-23-10-8-9-11-24(23)27(3,4)29(26,6)17-22/h8-12,14,16,18-21,26H,13,15,17,32H2,1-7H3,(H2,31,33)/b25-18-/t20-,21?,26?,28?,29?,30?/m0/s1. The van der Waals surface area contributed by atoms with E-state index < -0.39 is 5.54 Å². The van der Waals surface area contributed by atoms with Crippen LogP contribution in [-0.4, -0.2) is 11.9 Å². The minimum Gasteiger partial charge on any atom is -0.390 e. The largest absolute Gasteiger partial charge is 0.390 e. The Morgan fingerprint density at radius 1 is 1.15 bits per heavy atom. The highest BCUT2D eigenvalue weighted by molar-refractivity contribution is 5.57. The van der Waals surface area contributed by atoms with Crippen molar-refractivity contribution in [2.45, 2.75) is 84.6 Å². The Morgan fingerprint density at radius 3 is 2.48 bits per heavy atom. The van der Waals surface area contributed by atoms with E-state index in [1.807, 2.05) is 0 Å². The van der Waals surface area contributed by atoms with Crippen LogP contribution in [-0.2, 0) is 5.41 Å². The summed E-state index contributed by atoms with van der Waals surface area (Å²) < 4.78 is 0. The number of nitrogens with two attached hydrogens (primary N) is 2. The molecule has 0 fully saturated rings.